The van der Waals surface area contributed by atoms with Crippen LogP contribution in [0.4, 0.5) is 0 Å². The third kappa shape index (κ3) is 3.51. The predicted molar refractivity (Wildman–Crippen MR) is 60.3 cm³/mol. The molecule has 1 rings (SSSR count). The molecule has 0 aromatic rings. The molecule has 0 aromatic carbocycles. The van der Waals surface area contributed by atoms with Gasteiger partial charge in [0.05, 0.1) is 6.61 Å². The van der Waals surface area contributed by atoms with Gasteiger partial charge in [0.15, 0.2) is 0 Å². The lowest BCUT2D eigenvalue weighted by atomic mass is 9.85. The smallest absolute Gasteiger partial charge is 0.246 e. The number of aliphatic hydroxyl groups excluding tert-OH is 1. The van der Waals surface area contributed by atoms with Gasteiger partial charge in [-0.3, -0.25) is 4.79 Å². The Labute approximate surface area is 90.9 Å². The van der Waals surface area contributed by atoms with Crippen LogP contribution in [-0.2, 0) is 4.79 Å². The number of rotatable bonds is 4. The molecule has 0 aromatic heterocycles. The monoisotopic (exact) mass is 209 g/mol. The van der Waals surface area contributed by atoms with E-state index < -0.39 is 0 Å². The number of hydrogen-bond acceptors (Lipinski definition) is 2. The lowest BCUT2D eigenvalue weighted by Crippen LogP contribution is -2.29. The molecule has 1 atom stereocenters. The first-order chi connectivity index (χ1) is 7.15. The summed E-state index contributed by atoms with van der Waals surface area (Å²) < 4.78 is 0. The summed E-state index contributed by atoms with van der Waals surface area (Å²) >= 11 is 0. The van der Waals surface area contributed by atoms with Crippen molar-refractivity contribution in [3.63, 3.8) is 0 Å². The largest absolute Gasteiger partial charge is 0.395 e. The van der Waals surface area contributed by atoms with Crippen LogP contribution in [0.3, 0.4) is 0 Å². The van der Waals surface area contributed by atoms with Gasteiger partial charge in [-0.25, -0.2) is 0 Å². The second kappa shape index (κ2) is 5.71. The van der Waals surface area contributed by atoms with Crippen LogP contribution in [0.1, 0.15) is 26.2 Å². The zero-order chi connectivity index (χ0) is 11.3. The van der Waals surface area contributed by atoms with Crippen molar-refractivity contribution in [2.24, 2.45) is 5.92 Å². The van der Waals surface area contributed by atoms with Crippen molar-refractivity contribution in [2.45, 2.75) is 26.2 Å². The Morgan fingerprint density at radius 3 is 2.93 bits per heavy atom. The Kier molecular flexibility index (Phi) is 4.56. The summed E-state index contributed by atoms with van der Waals surface area (Å²) in [7, 11) is 0. The molecule has 0 bridgehead atoms. The van der Waals surface area contributed by atoms with Crippen LogP contribution in [0.2, 0.25) is 0 Å². The maximum Gasteiger partial charge on any atom is 0.246 e. The quantitative estimate of drug-likeness (QED) is 0.687. The van der Waals surface area contributed by atoms with E-state index in [0.717, 1.165) is 24.8 Å². The molecule has 0 spiro atoms. The number of hydrogen-bond donors (Lipinski definition) is 2. The summed E-state index contributed by atoms with van der Waals surface area (Å²) in [5.41, 5.74) is 2.04. The van der Waals surface area contributed by atoms with Crippen LogP contribution in [0, 0.1) is 5.92 Å². The van der Waals surface area contributed by atoms with Crippen molar-refractivity contribution in [1.29, 1.82) is 0 Å². The van der Waals surface area contributed by atoms with Crippen LogP contribution < -0.4 is 5.32 Å². The van der Waals surface area contributed by atoms with E-state index in [1.54, 1.807) is 0 Å². The van der Waals surface area contributed by atoms with Crippen LogP contribution in [0.15, 0.2) is 23.8 Å². The molecule has 1 aliphatic carbocycles. The molecule has 1 aliphatic rings. The van der Waals surface area contributed by atoms with Crippen LogP contribution in [0.25, 0.3) is 0 Å². The first-order valence-electron chi connectivity index (χ1n) is 5.38. The van der Waals surface area contributed by atoms with Crippen LogP contribution >= 0.6 is 0 Å². The molecule has 84 valence electrons. The van der Waals surface area contributed by atoms with E-state index in [1.807, 2.05) is 13.0 Å². The minimum Gasteiger partial charge on any atom is -0.395 e. The van der Waals surface area contributed by atoms with Crippen molar-refractivity contribution >= 4 is 5.91 Å². The summed E-state index contributed by atoms with van der Waals surface area (Å²) in [6.45, 7) is 6.30. The lowest BCUT2D eigenvalue weighted by Gasteiger charge is -2.21. The van der Waals surface area contributed by atoms with E-state index in [4.69, 9.17) is 5.11 Å². The highest BCUT2D eigenvalue weighted by molar-refractivity contribution is 5.93. The molecule has 0 saturated heterocycles. The topological polar surface area (TPSA) is 49.3 Å². The van der Waals surface area contributed by atoms with Gasteiger partial charge in [-0.05, 0) is 32.1 Å². The molecule has 3 heteroatoms. The van der Waals surface area contributed by atoms with Gasteiger partial charge < -0.3 is 10.4 Å². The second-order valence-electron chi connectivity index (χ2n) is 4.03. The molecule has 0 unspecified atom stereocenters. The summed E-state index contributed by atoms with van der Waals surface area (Å²) in [6.07, 6.45) is 4.73. The molecule has 0 heterocycles. The van der Waals surface area contributed by atoms with Gasteiger partial charge in [-0.15, -0.1) is 0 Å². The summed E-state index contributed by atoms with van der Waals surface area (Å²) in [4.78, 5) is 11.5. The average molecular weight is 209 g/mol. The first kappa shape index (κ1) is 12.0. The fourth-order valence-electron chi connectivity index (χ4n) is 1.77. The SMILES string of the molecule is C=C(C)[C@H]1CC=C(C(=O)NCCO)CC1. The summed E-state index contributed by atoms with van der Waals surface area (Å²) in [5, 5.41) is 11.2. The van der Waals surface area contributed by atoms with Gasteiger partial charge in [-0.2, -0.15) is 0 Å². The minimum absolute atomic E-state index is 0.00654. The van der Waals surface area contributed by atoms with Gasteiger partial charge in [0.1, 0.15) is 0 Å². The number of carbonyl (C=O) groups excluding carboxylic acids is 1. The number of carbonyl (C=O) groups is 1. The maximum absolute atomic E-state index is 11.5. The highest BCUT2D eigenvalue weighted by Crippen LogP contribution is 2.27. The molecular weight excluding hydrogens is 190 g/mol. The van der Waals surface area contributed by atoms with Crippen LogP contribution in [-0.4, -0.2) is 24.2 Å². The zero-order valence-electron chi connectivity index (χ0n) is 9.25. The molecular formula is C12H19NO2. The average Bonchev–Trinajstić information content (AvgIpc) is 2.26. The lowest BCUT2D eigenvalue weighted by molar-refractivity contribution is -0.117. The standard InChI is InChI=1S/C12H19NO2/c1-9(2)10-3-5-11(6-4-10)12(15)13-7-8-14/h5,10,14H,1,3-4,6-8H2,2H3,(H,13,15)/t10-/m0/s1. The van der Waals surface area contributed by atoms with Crippen LogP contribution in [0.5, 0.6) is 0 Å². The van der Waals surface area contributed by atoms with E-state index in [1.165, 1.54) is 5.57 Å². The van der Waals surface area contributed by atoms with Gasteiger partial charge in [0, 0.05) is 12.1 Å². The van der Waals surface area contributed by atoms with Gasteiger partial charge in [-0.1, -0.05) is 18.2 Å². The third-order valence-corrected chi connectivity index (χ3v) is 2.80. The number of allylic oxidation sites excluding steroid dienone is 2. The van der Waals surface area contributed by atoms with Crippen molar-refractivity contribution in [3.8, 4) is 0 Å². The normalized spacial score (nSPS) is 20.7. The Balaban J connectivity index is 2.45. The fraction of sp³-hybridized carbons (Fsp3) is 0.583. The van der Waals surface area contributed by atoms with Crippen molar-refractivity contribution in [2.75, 3.05) is 13.2 Å². The van der Waals surface area contributed by atoms with Crippen molar-refractivity contribution in [3.05, 3.63) is 23.8 Å². The van der Waals surface area contributed by atoms with Gasteiger partial charge in [0.25, 0.3) is 0 Å². The van der Waals surface area contributed by atoms with E-state index in [9.17, 15) is 4.79 Å². The predicted octanol–water partition coefficient (Wildman–Crippen LogP) is 1.40. The summed E-state index contributed by atoms with van der Waals surface area (Å²) in [6, 6.07) is 0. The second-order valence-corrected chi connectivity index (χ2v) is 4.03. The molecule has 0 aliphatic heterocycles. The van der Waals surface area contributed by atoms with Crippen molar-refractivity contribution < 1.29 is 9.90 Å². The molecule has 0 fully saturated rings. The maximum atomic E-state index is 11.5. The minimum atomic E-state index is -0.0378. The molecule has 15 heavy (non-hydrogen) atoms. The highest BCUT2D eigenvalue weighted by atomic mass is 16.3. The highest BCUT2D eigenvalue weighted by Gasteiger charge is 2.18. The Morgan fingerprint density at radius 1 is 1.73 bits per heavy atom. The van der Waals surface area contributed by atoms with Gasteiger partial charge in [0.2, 0.25) is 5.91 Å². The number of aliphatic hydroxyl groups is 1. The Bertz CT molecular complexity index is 281. The summed E-state index contributed by atoms with van der Waals surface area (Å²) in [5.74, 6) is 0.489. The zero-order valence-corrected chi connectivity index (χ0v) is 9.25. The third-order valence-electron chi connectivity index (χ3n) is 2.80. The van der Waals surface area contributed by atoms with Gasteiger partial charge >= 0.3 is 0 Å². The first-order valence-corrected chi connectivity index (χ1v) is 5.38. The number of nitrogens with one attached hydrogen (secondary N) is 1. The molecule has 2 N–H and O–H groups in total. The van der Waals surface area contributed by atoms with E-state index >= 15 is 0 Å². The molecule has 0 radical (unpaired) electrons. The van der Waals surface area contributed by atoms with E-state index in [-0.39, 0.29) is 12.5 Å². The fourth-order valence-corrected chi connectivity index (χ4v) is 1.77. The molecule has 1 amide bonds. The van der Waals surface area contributed by atoms with Crippen molar-refractivity contribution in [1.82, 2.24) is 5.32 Å². The molecule has 3 nitrogen and oxygen atoms in total. The number of amides is 1. The Morgan fingerprint density at radius 2 is 2.47 bits per heavy atom. The van der Waals surface area contributed by atoms with E-state index in [0.29, 0.717) is 12.5 Å². The Hall–Kier alpha value is -1.09. The molecule has 0 saturated carbocycles. The van der Waals surface area contributed by atoms with E-state index in [2.05, 4.69) is 11.9 Å².